The van der Waals surface area contributed by atoms with E-state index in [0.29, 0.717) is 11.5 Å². The number of thiol groups is 1. The average Bonchev–Trinajstić information content (AvgIpc) is 2.28. The molecule has 0 spiro atoms. The Morgan fingerprint density at radius 3 is 2.65 bits per heavy atom. The zero-order chi connectivity index (χ0) is 13.0. The highest BCUT2D eigenvalue weighted by atomic mass is 79.9. The van der Waals surface area contributed by atoms with Crippen molar-refractivity contribution in [3.8, 4) is 0 Å². The van der Waals surface area contributed by atoms with E-state index >= 15 is 0 Å². The zero-order valence-electron chi connectivity index (χ0n) is 10.3. The molecule has 0 saturated heterocycles. The van der Waals surface area contributed by atoms with Crippen LogP contribution in [0.2, 0.25) is 0 Å². The summed E-state index contributed by atoms with van der Waals surface area (Å²) >= 11 is 7.63. The SMILES string of the molecule is CCC(NC(=O)c1cc(S)ccc1Br)C(C)C. The summed E-state index contributed by atoms with van der Waals surface area (Å²) in [6.45, 7) is 6.30. The molecule has 0 bridgehead atoms. The van der Waals surface area contributed by atoms with Crippen LogP contribution < -0.4 is 5.32 Å². The smallest absolute Gasteiger partial charge is 0.252 e. The van der Waals surface area contributed by atoms with Crippen LogP contribution in [0, 0.1) is 5.92 Å². The molecular weight excluding hydrogens is 298 g/mol. The van der Waals surface area contributed by atoms with Gasteiger partial charge in [0.15, 0.2) is 0 Å². The van der Waals surface area contributed by atoms with Gasteiger partial charge < -0.3 is 5.32 Å². The highest BCUT2D eigenvalue weighted by molar-refractivity contribution is 9.10. The van der Waals surface area contributed by atoms with Crippen molar-refractivity contribution in [2.45, 2.75) is 38.1 Å². The fraction of sp³-hybridized carbons (Fsp3) is 0.462. The Bertz CT molecular complexity index is 406. The van der Waals surface area contributed by atoms with Crippen LogP contribution in [0.1, 0.15) is 37.6 Å². The van der Waals surface area contributed by atoms with Gasteiger partial charge >= 0.3 is 0 Å². The quantitative estimate of drug-likeness (QED) is 0.811. The van der Waals surface area contributed by atoms with Gasteiger partial charge in [-0.3, -0.25) is 4.79 Å². The summed E-state index contributed by atoms with van der Waals surface area (Å²) in [5.74, 6) is 0.384. The Labute approximate surface area is 117 Å². The molecule has 1 rings (SSSR count). The number of rotatable bonds is 4. The second-order valence-electron chi connectivity index (χ2n) is 4.40. The van der Waals surface area contributed by atoms with Crippen molar-refractivity contribution >= 4 is 34.5 Å². The lowest BCUT2D eigenvalue weighted by Gasteiger charge is -2.21. The third-order valence-corrected chi connectivity index (χ3v) is 3.73. The molecule has 0 aliphatic heterocycles. The van der Waals surface area contributed by atoms with E-state index in [4.69, 9.17) is 0 Å². The first-order valence-corrected chi connectivity index (χ1v) is 6.99. The van der Waals surface area contributed by atoms with E-state index in [2.05, 4.69) is 54.6 Å². The van der Waals surface area contributed by atoms with Gasteiger partial charge in [0.2, 0.25) is 0 Å². The monoisotopic (exact) mass is 315 g/mol. The number of benzene rings is 1. The Kier molecular flexibility index (Phi) is 5.53. The summed E-state index contributed by atoms with van der Waals surface area (Å²) in [4.78, 5) is 12.9. The van der Waals surface area contributed by atoms with Gasteiger partial charge in [-0.1, -0.05) is 20.8 Å². The molecule has 94 valence electrons. The molecule has 1 N–H and O–H groups in total. The van der Waals surface area contributed by atoms with Crippen molar-refractivity contribution in [3.05, 3.63) is 28.2 Å². The Morgan fingerprint density at radius 1 is 1.47 bits per heavy atom. The zero-order valence-corrected chi connectivity index (χ0v) is 12.8. The van der Waals surface area contributed by atoms with Crippen LogP contribution in [-0.4, -0.2) is 11.9 Å². The maximum atomic E-state index is 12.1. The van der Waals surface area contributed by atoms with Crippen molar-refractivity contribution in [1.29, 1.82) is 0 Å². The summed E-state index contributed by atoms with van der Waals surface area (Å²) in [6.07, 6.45) is 0.932. The molecule has 0 heterocycles. The van der Waals surface area contributed by atoms with Gasteiger partial charge in [0.25, 0.3) is 5.91 Å². The van der Waals surface area contributed by atoms with Crippen LogP contribution in [-0.2, 0) is 0 Å². The molecule has 1 atom stereocenters. The molecule has 17 heavy (non-hydrogen) atoms. The fourth-order valence-electron chi connectivity index (χ4n) is 1.67. The molecule has 1 aromatic carbocycles. The molecule has 4 heteroatoms. The molecule has 0 radical (unpaired) electrons. The van der Waals surface area contributed by atoms with Crippen molar-refractivity contribution in [3.63, 3.8) is 0 Å². The van der Waals surface area contributed by atoms with Gasteiger partial charge in [-0.25, -0.2) is 0 Å². The summed E-state index contributed by atoms with van der Waals surface area (Å²) < 4.78 is 0.798. The van der Waals surface area contributed by atoms with Crippen LogP contribution in [0.5, 0.6) is 0 Å². The van der Waals surface area contributed by atoms with E-state index < -0.39 is 0 Å². The maximum Gasteiger partial charge on any atom is 0.252 e. The minimum Gasteiger partial charge on any atom is -0.349 e. The Balaban J connectivity index is 2.86. The summed E-state index contributed by atoms with van der Waals surface area (Å²) in [5, 5.41) is 3.05. The Morgan fingerprint density at radius 2 is 2.12 bits per heavy atom. The molecule has 1 aromatic rings. The maximum absolute atomic E-state index is 12.1. The number of hydrogen-bond donors (Lipinski definition) is 2. The normalized spacial score (nSPS) is 12.6. The third-order valence-electron chi connectivity index (χ3n) is 2.76. The lowest BCUT2D eigenvalue weighted by molar-refractivity contribution is 0.0923. The first-order chi connectivity index (χ1) is 7.95. The second kappa shape index (κ2) is 6.45. The van der Waals surface area contributed by atoms with Gasteiger partial charge in [-0.15, -0.1) is 12.6 Å². The number of hydrogen-bond acceptors (Lipinski definition) is 2. The van der Waals surface area contributed by atoms with E-state index in [1.54, 1.807) is 6.07 Å². The molecule has 0 saturated carbocycles. The number of halogens is 1. The minimum atomic E-state index is -0.0478. The predicted molar refractivity (Wildman–Crippen MR) is 77.8 cm³/mol. The lowest BCUT2D eigenvalue weighted by Crippen LogP contribution is -2.38. The van der Waals surface area contributed by atoms with Gasteiger partial charge in [-0.2, -0.15) is 0 Å². The molecule has 0 aromatic heterocycles. The van der Waals surface area contributed by atoms with Crippen LogP contribution in [0.4, 0.5) is 0 Å². The first kappa shape index (κ1) is 14.6. The summed E-state index contributed by atoms with van der Waals surface area (Å²) in [5.41, 5.74) is 0.636. The lowest BCUT2D eigenvalue weighted by atomic mass is 10.0. The number of carbonyl (C=O) groups is 1. The van der Waals surface area contributed by atoms with Crippen molar-refractivity contribution in [1.82, 2.24) is 5.32 Å². The highest BCUT2D eigenvalue weighted by Crippen LogP contribution is 2.20. The van der Waals surface area contributed by atoms with Crippen LogP contribution in [0.25, 0.3) is 0 Å². The predicted octanol–water partition coefficient (Wildman–Crippen LogP) is 3.90. The standard InChI is InChI=1S/C13H18BrNOS/c1-4-12(8(2)3)15-13(16)10-7-9(17)5-6-11(10)14/h5-8,12,17H,4H2,1-3H3,(H,15,16). The summed E-state index contributed by atoms with van der Waals surface area (Å²) in [7, 11) is 0. The van der Waals surface area contributed by atoms with E-state index in [1.165, 1.54) is 0 Å². The van der Waals surface area contributed by atoms with Gasteiger partial charge in [0.1, 0.15) is 0 Å². The molecule has 0 aliphatic rings. The molecule has 0 fully saturated rings. The largest absolute Gasteiger partial charge is 0.349 e. The highest BCUT2D eigenvalue weighted by Gasteiger charge is 2.17. The molecule has 2 nitrogen and oxygen atoms in total. The van der Waals surface area contributed by atoms with Crippen molar-refractivity contribution < 1.29 is 4.79 Å². The number of carbonyl (C=O) groups excluding carboxylic acids is 1. The van der Waals surface area contributed by atoms with E-state index in [0.717, 1.165) is 15.8 Å². The third kappa shape index (κ3) is 4.03. The van der Waals surface area contributed by atoms with E-state index in [-0.39, 0.29) is 11.9 Å². The first-order valence-electron chi connectivity index (χ1n) is 5.75. The average molecular weight is 316 g/mol. The fourth-order valence-corrected chi connectivity index (χ4v) is 2.30. The molecule has 1 amide bonds. The van der Waals surface area contributed by atoms with Gasteiger partial charge in [-0.05, 0) is 46.5 Å². The van der Waals surface area contributed by atoms with Gasteiger partial charge in [0, 0.05) is 15.4 Å². The van der Waals surface area contributed by atoms with Crippen LogP contribution in [0.3, 0.4) is 0 Å². The van der Waals surface area contributed by atoms with E-state index in [9.17, 15) is 4.79 Å². The van der Waals surface area contributed by atoms with Crippen LogP contribution >= 0.6 is 28.6 Å². The van der Waals surface area contributed by atoms with Crippen LogP contribution in [0.15, 0.2) is 27.6 Å². The second-order valence-corrected chi connectivity index (χ2v) is 5.77. The molecular formula is C13H18BrNOS. The molecule has 0 aliphatic carbocycles. The summed E-state index contributed by atoms with van der Waals surface area (Å²) in [6, 6.07) is 5.67. The topological polar surface area (TPSA) is 29.1 Å². The number of nitrogens with one attached hydrogen (secondary N) is 1. The van der Waals surface area contributed by atoms with Gasteiger partial charge in [0.05, 0.1) is 5.56 Å². The Hall–Kier alpha value is -0.480. The van der Waals surface area contributed by atoms with Crippen molar-refractivity contribution in [2.75, 3.05) is 0 Å². The molecule has 1 unspecified atom stereocenters. The van der Waals surface area contributed by atoms with Crippen molar-refractivity contribution in [2.24, 2.45) is 5.92 Å². The number of amides is 1. The van der Waals surface area contributed by atoms with E-state index in [1.807, 2.05) is 12.1 Å². The minimum absolute atomic E-state index is 0.0478.